The summed E-state index contributed by atoms with van der Waals surface area (Å²) in [4.78, 5) is 34.3. The summed E-state index contributed by atoms with van der Waals surface area (Å²) in [6, 6.07) is 0. The van der Waals surface area contributed by atoms with Crippen molar-refractivity contribution in [1.29, 1.82) is 0 Å². The van der Waals surface area contributed by atoms with E-state index in [1.807, 2.05) is 0 Å². The van der Waals surface area contributed by atoms with E-state index in [1.54, 1.807) is 0 Å². The van der Waals surface area contributed by atoms with Gasteiger partial charge in [-0.2, -0.15) is 0 Å². The van der Waals surface area contributed by atoms with Gasteiger partial charge in [0.15, 0.2) is 0 Å². The molecule has 0 saturated carbocycles. The molecule has 0 aromatic rings. The van der Waals surface area contributed by atoms with Crippen LogP contribution in [0, 0.1) is 0 Å². The molecule has 0 aliphatic carbocycles. The molecule has 0 aliphatic rings. The van der Waals surface area contributed by atoms with Crippen molar-refractivity contribution in [2.45, 2.75) is 0 Å². The molecule has 0 aromatic carbocycles. The van der Waals surface area contributed by atoms with Crippen LogP contribution in [0.1, 0.15) is 0 Å². The standard InChI is InChI=1S/2Al.Ca.O4Si.2O/c;;;1-5(2,3)4;;/q2*+3;+2;-4;2*-2. The Bertz CT molecular complexity index is 31.2. The predicted octanol–water partition coefficient (Wildman–Crippen LogP) is -6.52. The van der Waals surface area contributed by atoms with Crippen molar-refractivity contribution in [3.05, 3.63) is 0 Å². The van der Waals surface area contributed by atoms with Gasteiger partial charge in [-0.25, -0.2) is 0 Å². The van der Waals surface area contributed by atoms with Gasteiger partial charge in [0.1, 0.15) is 0 Å². The second-order valence-corrected chi connectivity index (χ2v) is 1.50. The van der Waals surface area contributed by atoms with Gasteiger partial charge in [0.25, 0.3) is 0 Å². The van der Waals surface area contributed by atoms with E-state index < -0.39 is 9.05 Å². The van der Waals surface area contributed by atoms with Crippen molar-refractivity contribution in [3.63, 3.8) is 0 Å². The van der Waals surface area contributed by atoms with Crippen LogP contribution in [0.5, 0.6) is 0 Å². The molecule has 0 aromatic heterocycles. The molecule has 0 unspecified atom stereocenters. The fraction of sp³-hybridized carbons (Fsp3) is 0. The summed E-state index contributed by atoms with van der Waals surface area (Å²) in [5, 5.41) is 0. The molecule has 0 atom stereocenters. The van der Waals surface area contributed by atoms with Crippen LogP contribution >= 0.6 is 0 Å². The topological polar surface area (TPSA) is 149 Å². The Balaban J connectivity index is -0.00000000800. The summed E-state index contributed by atoms with van der Waals surface area (Å²) >= 11 is 0. The molecule has 48 valence electrons. The van der Waals surface area contributed by atoms with E-state index in [2.05, 4.69) is 0 Å². The summed E-state index contributed by atoms with van der Waals surface area (Å²) in [7, 11) is -5.61. The van der Waals surface area contributed by atoms with Gasteiger partial charge in [0, 0.05) is 0 Å². The quantitative estimate of drug-likeness (QED) is 0.371. The average molecular weight is 218 g/mol. The minimum atomic E-state index is -5.61. The molecule has 0 aliphatic heterocycles. The zero-order valence-corrected chi connectivity index (χ0v) is 10.3. The summed E-state index contributed by atoms with van der Waals surface area (Å²) in [6.45, 7) is 0. The molecule has 0 rings (SSSR count). The summed E-state index contributed by atoms with van der Waals surface area (Å²) in [6.07, 6.45) is 0. The minimum Gasteiger partial charge on any atom is -2.00 e. The Morgan fingerprint density at radius 3 is 0.700 bits per heavy atom. The van der Waals surface area contributed by atoms with Crippen LogP contribution in [0.4, 0.5) is 0 Å². The first-order valence-corrected chi connectivity index (χ1v) is 2.45. The van der Waals surface area contributed by atoms with E-state index in [9.17, 15) is 0 Å². The van der Waals surface area contributed by atoms with Gasteiger partial charge in [-0.15, -0.1) is 0 Å². The maximum atomic E-state index is 8.58. The van der Waals surface area contributed by atoms with Crippen LogP contribution in [-0.2, 0) is 11.0 Å². The summed E-state index contributed by atoms with van der Waals surface area (Å²) < 4.78 is 0. The monoisotopic (exact) mass is 218 g/mol. The van der Waals surface area contributed by atoms with Crippen LogP contribution in [-0.4, -0.2) is 81.5 Å². The largest absolute Gasteiger partial charge is 3.00 e. The molecule has 6 nitrogen and oxygen atoms in total. The van der Waals surface area contributed by atoms with Gasteiger partial charge < -0.3 is 39.2 Å². The minimum absolute atomic E-state index is 0. The first-order valence-electron chi connectivity index (χ1n) is 0.816. The fourth-order valence-electron chi connectivity index (χ4n) is 0. The maximum absolute atomic E-state index is 8.58. The molecule has 0 heterocycles. The number of hydrogen-bond acceptors (Lipinski definition) is 4. The predicted molar refractivity (Wildman–Crippen MR) is 24.4 cm³/mol. The summed E-state index contributed by atoms with van der Waals surface area (Å²) in [5.41, 5.74) is 0. The van der Waals surface area contributed by atoms with E-state index >= 15 is 0 Å². The number of hydrogen-bond donors (Lipinski definition) is 0. The van der Waals surface area contributed by atoms with E-state index in [0.717, 1.165) is 0 Å². The van der Waals surface area contributed by atoms with E-state index in [4.69, 9.17) is 19.2 Å². The molecule has 0 fully saturated rings. The molecule has 0 N–H and O–H groups in total. The van der Waals surface area contributed by atoms with Crippen molar-refractivity contribution >= 4 is 81.5 Å². The molecule has 0 spiro atoms. The zero-order chi connectivity index (χ0) is 4.50. The van der Waals surface area contributed by atoms with Crippen molar-refractivity contribution in [3.8, 4) is 0 Å². The zero-order valence-electron chi connectivity index (χ0n) is 4.81. The third-order valence-electron chi connectivity index (χ3n) is 0. The molecule has 0 amide bonds. The van der Waals surface area contributed by atoms with Gasteiger partial charge in [-0.05, 0) is 0 Å². The summed E-state index contributed by atoms with van der Waals surface area (Å²) in [5.74, 6) is 0. The fourth-order valence-corrected chi connectivity index (χ4v) is 0. The van der Waals surface area contributed by atoms with Gasteiger partial charge in [0.2, 0.25) is 0 Å². The molecular formula is Al2CaO6Si. The van der Waals surface area contributed by atoms with E-state index in [0.29, 0.717) is 0 Å². The molecule has 0 saturated heterocycles. The van der Waals surface area contributed by atoms with Gasteiger partial charge in [0.05, 0.1) is 0 Å². The average Bonchev–Trinajstić information content (AvgIpc) is 0.722. The second kappa shape index (κ2) is 17.4. The smallest absolute Gasteiger partial charge is 2.00 e. The Hall–Kier alpha value is 2.30. The van der Waals surface area contributed by atoms with E-state index in [-0.39, 0.29) is 83.4 Å². The van der Waals surface area contributed by atoms with Crippen molar-refractivity contribution in [2.75, 3.05) is 0 Å². The van der Waals surface area contributed by atoms with Crippen LogP contribution < -0.4 is 19.2 Å². The van der Waals surface area contributed by atoms with Crippen LogP contribution in [0.25, 0.3) is 0 Å². The van der Waals surface area contributed by atoms with Crippen molar-refractivity contribution < 1.29 is 30.1 Å². The Morgan fingerprint density at radius 2 is 0.700 bits per heavy atom. The third-order valence-corrected chi connectivity index (χ3v) is 0. The van der Waals surface area contributed by atoms with E-state index in [1.165, 1.54) is 0 Å². The van der Waals surface area contributed by atoms with Gasteiger partial charge in [-0.3, -0.25) is 0 Å². The van der Waals surface area contributed by atoms with Crippen LogP contribution in [0.2, 0.25) is 0 Å². The van der Waals surface area contributed by atoms with Crippen LogP contribution in [0.15, 0.2) is 0 Å². The normalized spacial score (nSPS) is 6.00. The maximum Gasteiger partial charge on any atom is 3.00 e. The molecule has 0 bridgehead atoms. The van der Waals surface area contributed by atoms with Crippen molar-refractivity contribution in [2.24, 2.45) is 0 Å². The first-order chi connectivity index (χ1) is 2.00. The third kappa shape index (κ3) is 168. The molecule has 10 heteroatoms. The number of rotatable bonds is 0. The Kier molecular flexibility index (Phi) is 68.9. The SMILES string of the molecule is [Al+3].[Al+3].[Ca+2].[O-2].[O-2].[O-][Si]([O-])([O-])[O-]. The first kappa shape index (κ1) is 39.6. The van der Waals surface area contributed by atoms with Gasteiger partial charge >= 0.3 is 72.5 Å². The van der Waals surface area contributed by atoms with Crippen LogP contribution in [0.3, 0.4) is 0 Å². The second-order valence-electron chi connectivity index (χ2n) is 0.500. The molecule has 0 radical (unpaired) electrons. The molecule has 10 heavy (non-hydrogen) atoms. The van der Waals surface area contributed by atoms with Crippen molar-refractivity contribution in [1.82, 2.24) is 0 Å². The Morgan fingerprint density at radius 1 is 0.700 bits per heavy atom. The Labute approximate surface area is 110 Å². The van der Waals surface area contributed by atoms with Gasteiger partial charge in [-0.1, -0.05) is 0 Å². The molecular weight excluding hydrogens is 218 g/mol.